The summed E-state index contributed by atoms with van der Waals surface area (Å²) in [6.45, 7) is 0. The number of hydrogen-bond donors (Lipinski definition) is 0. The molecule has 0 N–H and O–H groups in total. The van der Waals surface area contributed by atoms with Crippen LogP contribution in [0, 0.1) is 68.0 Å². The summed E-state index contributed by atoms with van der Waals surface area (Å²) in [5.41, 5.74) is 19.3. The molecule has 0 bridgehead atoms. The van der Waals surface area contributed by atoms with Gasteiger partial charge in [-0.1, -0.05) is 243 Å². The second kappa shape index (κ2) is 32.6. The molecule has 0 aliphatic rings. The van der Waals surface area contributed by atoms with Crippen LogP contribution in [0.2, 0.25) is 0 Å². The van der Waals surface area contributed by atoms with Gasteiger partial charge >= 0.3 is 0 Å². The second-order valence-corrected chi connectivity index (χ2v) is 44.4. The van der Waals surface area contributed by atoms with Gasteiger partial charge in [0, 0.05) is 186 Å². The molecular formula is C132H66N12S6. The van der Waals surface area contributed by atoms with E-state index in [2.05, 4.69) is 422 Å². The topological polar surface area (TPSA) is 172 Å². The molecule has 21 aromatic carbocycles. The summed E-state index contributed by atoms with van der Waals surface area (Å²) < 4.78 is 28.3. The molecule has 0 atom stereocenters. The van der Waals surface area contributed by atoms with E-state index in [-0.39, 0.29) is 0 Å². The van der Waals surface area contributed by atoms with E-state index in [9.17, 15) is 31.6 Å². The van der Waals surface area contributed by atoms with E-state index in [4.69, 9.17) is 0 Å². The molecular weight excluding hydrogens is 1950 g/mol. The van der Waals surface area contributed by atoms with Gasteiger partial charge in [-0.15, -0.1) is 68.0 Å². The largest absolute Gasteiger partial charge is 0.308 e. The van der Waals surface area contributed by atoms with E-state index in [0.717, 1.165) is 143 Å². The van der Waals surface area contributed by atoms with Crippen LogP contribution in [0.3, 0.4) is 0 Å². The van der Waals surface area contributed by atoms with Crippen molar-refractivity contribution in [3.8, 4) is 70.5 Å². The van der Waals surface area contributed by atoms with Crippen LogP contribution in [0.1, 0.15) is 33.4 Å². The van der Waals surface area contributed by atoms with Gasteiger partial charge in [-0.2, -0.15) is 31.6 Å². The fourth-order valence-electron chi connectivity index (χ4n) is 24.3. The number of fused-ring (bicyclic) bond motifs is 40. The fraction of sp³-hybridized carbons (Fsp3) is 0. The van der Waals surface area contributed by atoms with Crippen LogP contribution < -0.4 is 0 Å². The van der Waals surface area contributed by atoms with Crippen molar-refractivity contribution in [1.29, 1.82) is 31.6 Å². The normalized spacial score (nSPS) is 12.0. The van der Waals surface area contributed by atoms with Crippen LogP contribution >= 0.6 is 68.0 Å². The quantitative estimate of drug-likeness (QED) is 0.160. The smallest absolute Gasteiger partial charge is 0.104 e. The van der Waals surface area contributed by atoms with Crippen molar-refractivity contribution in [3.05, 3.63) is 434 Å². The van der Waals surface area contributed by atoms with Crippen molar-refractivity contribution >= 4 is 320 Å². The Balaban J connectivity index is 0.000000101. The van der Waals surface area contributed by atoms with E-state index in [1.54, 1.807) is 46.1 Å². The zero-order valence-corrected chi connectivity index (χ0v) is 83.8. The summed E-state index contributed by atoms with van der Waals surface area (Å²) >= 11 is 10.8. The monoisotopic (exact) mass is 2010 g/mol. The third kappa shape index (κ3) is 12.0. The molecule has 0 saturated heterocycles. The number of rotatable bonds is 6. The summed E-state index contributed by atoms with van der Waals surface area (Å²) in [7, 11) is 0. The molecule has 690 valence electrons. The summed E-state index contributed by atoms with van der Waals surface area (Å²) in [5, 5.41) is 92.6. The molecule has 0 aliphatic carbocycles. The maximum absolute atomic E-state index is 11.2. The molecule has 12 nitrogen and oxygen atoms in total. The highest BCUT2D eigenvalue weighted by atomic mass is 32.1. The lowest BCUT2D eigenvalue weighted by molar-refractivity contribution is 1.08. The van der Waals surface area contributed by atoms with Gasteiger partial charge in [-0.25, -0.2) is 0 Å². The van der Waals surface area contributed by atoms with Gasteiger partial charge in [0.05, 0.1) is 128 Å². The predicted molar refractivity (Wildman–Crippen MR) is 631 cm³/mol. The van der Waals surface area contributed by atoms with Gasteiger partial charge in [-0.05, 0) is 158 Å². The molecule has 150 heavy (non-hydrogen) atoms. The van der Waals surface area contributed by atoms with E-state index in [0.29, 0.717) is 50.4 Å². The van der Waals surface area contributed by atoms with Crippen LogP contribution in [-0.4, -0.2) is 27.4 Å². The first-order valence-corrected chi connectivity index (χ1v) is 54.1. The highest BCUT2D eigenvalue weighted by Crippen LogP contribution is 2.54. The lowest BCUT2D eigenvalue weighted by Crippen LogP contribution is -2.08. The van der Waals surface area contributed by atoms with Crippen molar-refractivity contribution in [2.45, 2.75) is 0 Å². The first kappa shape index (κ1) is 85.1. The Morgan fingerprint density at radius 2 is 0.393 bits per heavy atom. The Bertz CT molecular complexity index is 11800. The molecule has 33 rings (SSSR count). The van der Waals surface area contributed by atoms with Gasteiger partial charge in [-0.3, -0.25) is 0 Å². The molecule has 33 aromatic rings. The minimum Gasteiger partial charge on any atom is -0.308 e. The van der Waals surface area contributed by atoms with Crippen molar-refractivity contribution in [1.82, 2.24) is 27.4 Å². The number of aromatic nitrogens is 6. The number of nitriles is 6. The average Bonchev–Trinajstić information content (AvgIpc) is 1.54. The van der Waals surface area contributed by atoms with Crippen LogP contribution in [0.25, 0.3) is 286 Å². The van der Waals surface area contributed by atoms with Gasteiger partial charge in [0.1, 0.15) is 42.0 Å². The molecule has 18 heteroatoms. The van der Waals surface area contributed by atoms with Gasteiger partial charge in [0.25, 0.3) is 0 Å². The number of para-hydroxylation sites is 6. The Morgan fingerprint density at radius 3 is 0.713 bits per heavy atom. The maximum Gasteiger partial charge on any atom is 0.104 e. The maximum atomic E-state index is 11.2. The Labute approximate surface area is 875 Å². The van der Waals surface area contributed by atoms with Gasteiger partial charge in [0.15, 0.2) is 0 Å². The van der Waals surface area contributed by atoms with Gasteiger partial charge in [0.2, 0.25) is 0 Å². The molecule has 0 unspecified atom stereocenters. The van der Waals surface area contributed by atoms with Crippen LogP contribution in [0.4, 0.5) is 0 Å². The molecule has 12 heterocycles. The Morgan fingerprint density at radius 1 is 0.147 bits per heavy atom. The molecule has 0 radical (unpaired) electrons. The molecule has 0 amide bonds. The molecule has 0 fully saturated rings. The average molecular weight is 2010 g/mol. The lowest BCUT2D eigenvalue weighted by atomic mass is 10.0. The van der Waals surface area contributed by atoms with Crippen molar-refractivity contribution in [3.63, 3.8) is 0 Å². The summed E-state index contributed by atoms with van der Waals surface area (Å²) in [4.78, 5) is 0. The first-order valence-electron chi connectivity index (χ1n) is 49.2. The van der Waals surface area contributed by atoms with Crippen LogP contribution in [0.15, 0.2) is 400 Å². The van der Waals surface area contributed by atoms with Gasteiger partial charge < -0.3 is 27.4 Å². The van der Waals surface area contributed by atoms with Crippen molar-refractivity contribution < 1.29 is 0 Å². The number of benzene rings is 21. The standard InChI is InChI=1S/3C44H22N4S2/c45-23-25-17-20-35(47-33-13-5-1-11-30(33)40-36(47)21-18-28-26-9-3-7-15-38(26)49-43(28)40)32(24-46)42(25)48-34-14-6-2-12-31(34)41-37(48)22-19-29-27-10-4-8-16-39(27)50-44(29)41;45-23-25-17-18-26(24-46)42(48-34-14-6-2-12-32(34)40-36(48)22-20-30-28-10-4-8-16-38(28)50-44(30)40)41(25)47-33-13-5-1-11-31(33)39-35(47)21-19-29-27-9-3-7-15-37(27)49-43(29)39;45-23-25-17-39(47-35-13-5-1-9-27(35)31-21-43-33(19-37(31)47)29-11-3-7-15-41(29)49-43)40(18-26(25)24-46)48-36-14-6-2-10-28(36)32-22-44-34(20-38(32)48)30-12-4-8-16-42(30)50-44/h3*1-22H. The fourth-order valence-corrected chi connectivity index (χ4v) is 31.6. The van der Waals surface area contributed by atoms with Crippen molar-refractivity contribution in [2.24, 2.45) is 0 Å². The zero-order chi connectivity index (χ0) is 99.3. The predicted octanol–water partition coefficient (Wildman–Crippen LogP) is 37.1. The van der Waals surface area contributed by atoms with Crippen LogP contribution in [-0.2, 0) is 0 Å². The lowest BCUT2D eigenvalue weighted by Gasteiger charge is -2.19. The summed E-state index contributed by atoms with van der Waals surface area (Å²) in [6.07, 6.45) is 0. The third-order valence-electron chi connectivity index (χ3n) is 30.6. The highest BCUT2D eigenvalue weighted by molar-refractivity contribution is 7.29. The third-order valence-corrected chi connectivity index (χ3v) is 37.7. The SMILES string of the molecule is N#Cc1cc(-n2c3ccccc3c3cc4sc5ccccc5c4cc32)c(-n2c3ccccc3c3cc4sc5ccccc5c4cc32)cc1C#N.N#Cc1ccc(-n2c3ccccc3c3c4sc5ccccc5c4ccc32)c(C#N)c1-n1c2ccccc2c2c3sc4ccccc4c3ccc21.N#Cc1ccc(C#N)c(-n2c3ccccc3c3c4sc5ccccc5c4ccc32)c1-n1c2ccccc2c2c3sc4ccccc4c3ccc21. The van der Waals surface area contributed by atoms with E-state index in [1.165, 1.54) is 126 Å². The van der Waals surface area contributed by atoms with Crippen LogP contribution in [0.5, 0.6) is 0 Å². The Hall–Kier alpha value is -19.3. The first-order chi connectivity index (χ1) is 74.2. The molecule has 0 saturated carbocycles. The number of hydrogen-bond acceptors (Lipinski definition) is 12. The van der Waals surface area contributed by atoms with E-state index in [1.807, 2.05) is 64.3 Å². The summed E-state index contributed by atoms with van der Waals surface area (Å²) in [5.74, 6) is 0. The minimum atomic E-state index is 0.353. The number of thiophene rings is 6. The molecule has 0 aliphatic heterocycles. The minimum absolute atomic E-state index is 0.353. The highest BCUT2D eigenvalue weighted by Gasteiger charge is 2.32. The second-order valence-electron chi connectivity index (χ2n) is 38.1. The van der Waals surface area contributed by atoms with Crippen molar-refractivity contribution in [2.75, 3.05) is 0 Å². The van der Waals surface area contributed by atoms with E-state index < -0.39 is 0 Å². The number of nitrogens with zero attached hydrogens (tertiary/aromatic N) is 12. The molecule has 0 spiro atoms. The van der Waals surface area contributed by atoms with E-state index >= 15 is 0 Å². The summed E-state index contributed by atoms with van der Waals surface area (Å²) in [6, 6.07) is 155. The Kier molecular flexibility index (Phi) is 18.5. The molecule has 12 aromatic heterocycles. The zero-order valence-electron chi connectivity index (χ0n) is 78.9.